The van der Waals surface area contributed by atoms with Gasteiger partial charge in [0.1, 0.15) is 13.2 Å². The van der Waals surface area contributed by atoms with E-state index >= 15 is 0 Å². The van der Waals surface area contributed by atoms with Gasteiger partial charge < -0.3 is 19.8 Å². The van der Waals surface area contributed by atoms with Crippen LogP contribution < -0.4 is 5.32 Å². The Hall–Kier alpha value is -2.32. The minimum absolute atomic E-state index is 0.0722. The molecule has 0 aliphatic heterocycles. The van der Waals surface area contributed by atoms with Crippen LogP contribution in [0.25, 0.3) is 0 Å². The zero-order chi connectivity index (χ0) is 49.2. The second kappa shape index (κ2) is 48.7. The molecule has 0 heterocycles. The average Bonchev–Trinajstić information content (AvgIpc) is 3.29. The van der Waals surface area contributed by atoms with Gasteiger partial charge in [-0.25, -0.2) is 4.57 Å². The standard InChI is InChI=1S/C58H105N2O6P/c1-6-8-10-12-13-14-15-16-17-18-19-20-21-22-23-24-25-26-27-28-29-30-31-32-33-34-35-36-37-38-39-40-41-42-43-44-45-46-47-48-50-52-58(62)59-56(57(61)51-49-11-9-7-2)55-66-67(63,64)65-54-53-60(3,4)5/h8,10,13-14,16-17,19-20,22-23,25-26,28-29,56-57,61H,6-7,9,11-12,15,18,21,24,27,30-55H2,1-5H3,(H-,59,62,63,64)/p+1/b10-8-,14-13-,17-16-,20-19-,23-22-,26-25-,29-28-. The van der Waals surface area contributed by atoms with Crippen molar-refractivity contribution in [1.82, 2.24) is 5.32 Å². The molecule has 0 saturated carbocycles. The summed E-state index contributed by atoms with van der Waals surface area (Å²) in [6, 6.07) is -0.757. The molecule has 0 bridgehead atoms. The quantitative estimate of drug-likeness (QED) is 0.0243. The lowest BCUT2D eigenvalue weighted by molar-refractivity contribution is -0.870. The maximum Gasteiger partial charge on any atom is 0.472 e. The van der Waals surface area contributed by atoms with Crippen LogP contribution in [0, 0.1) is 0 Å². The fourth-order valence-electron chi connectivity index (χ4n) is 7.61. The van der Waals surface area contributed by atoms with E-state index in [1.165, 1.54) is 109 Å². The van der Waals surface area contributed by atoms with Crippen LogP contribution in [-0.2, 0) is 18.4 Å². The van der Waals surface area contributed by atoms with E-state index in [9.17, 15) is 19.4 Å². The van der Waals surface area contributed by atoms with Gasteiger partial charge in [-0.1, -0.05) is 234 Å². The summed E-state index contributed by atoms with van der Waals surface area (Å²) in [5, 5.41) is 13.7. The van der Waals surface area contributed by atoms with Crippen LogP contribution in [0.1, 0.15) is 226 Å². The summed E-state index contributed by atoms with van der Waals surface area (Å²) in [4.78, 5) is 23.0. The van der Waals surface area contributed by atoms with E-state index < -0.39 is 20.0 Å². The van der Waals surface area contributed by atoms with Crippen molar-refractivity contribution in [2.24, 2.45) is 0 Å². The summed E-state index contributed by atoms with van der Waals surface area (Å²) >= 11 is 0. The molecule has 0 rings (SSSR count). The van der Waals surface area contributed by atoms with Gasteiger partial charge in [-0.2, -0.15) is 0 Å². The normalized spacial score (nSPS) is 14.7. The lowest BCUT2D eigenvalue weighted by Gasteiger charge is -2.26. The van der Waals surface area contributed by atoms with Crippen molar-refractivity contribution in [1.29, 1.82) is 0 Å². The van der Waals surface area contributed by atoms with Gasteiger partial charge in [0.2, 0.25) is 5.91 Å². The summed E-state index contributed by atoms with van der Waals surface area (Å²) in [5.74, 6) is -0.154. The first-order chi connectivity index (χ1) is 32.5. The molecule has 3 unspecified atom stereocenters. The second-order valence-corrected chi connectivity index (χ2v) is 21.0. The third-order valence-corrected chi connectivity index (χ3v) is 12.9. The first kappa shape index (κ1) is 64.7. The summed E-state index contributed by atoms with van der Waals surface area (Å²) in [7, 11) is 1.61. The first-order valence-electron chi connectivity index (χ1n) is 27.5. The van der Waals surface area contributed by atoms with Crippen LogP contribution >= 0.6 is 7.82 Å². The Labute approximate surface area is 414 Å². The van der Waals surface area contributed by atoms with Crippen LogP contribution in [0.3, 0.4) is 0 Å². The number of quaternary nitrogens is 1. The minimum atomic E-state index is -4.30. The number of nitrogens with one attached hydrogen (secondary N) is 1. The number of carbonyl (C=O) groups excluding carboxylic acids is 1. The highest BCUT2D eigenvalue weighted by molar-refractivity contribution is 7.47. The molecule has 8 nitrogen and oxygen atoms in total. The molecule has 0 aromatic carbocycles. The number of carbonyl (C=O) groups is 1. The molecule has 0 aromatic rings. The van der Waals surface area contributed by atoms with Crippen molar-refractivity contribution in [3.63, 3.8) is 0 Å². The smallest absolute Gasteiger partial charge is 0.391 e. The molecule has 0 spiro atoms. The second-order valence-electron chi connectivity index (χ2n) is 19.6. The van der Waals surface area contributed by atoms with Crippen molar-refractivity contribution in [3.8, 4) is 0 Å². The van der Waals surface area contributed by atoms with Gasteiger partial charge in [0.25, 0.3) is 0 Å². The lowest BCUT2D eigenvalue weighted by atomic mass is 10.0. The topological polar surface area (TPSA) is 105 Å². The molecule has 3 atom stereocenters. The van der Waals surface area contributed by atoms with Crippen LogP contribution in [0.5, 0.6) is 0 Å². The molecule has 0 saturated heterocycles. The number of rotatable bonds is 49. The fraction of sp³-hybridized carbons (Fsp3) is 0.741. The van der Waals surface area contributed by atoms with Gasteiger partial charge in [0.05, 0.1) is 39.9 Å². The Balaban J connectivity index is 3.71. The molecule has 388 valence electrons. The highest BCUT2D eigenvalue weighted by atomic mass is 31.2. The Morgan fingerprint density at radius 1 is 0.522 bits per heavy atom. The van der Waals surface area contributed by atoms with Gasteiger partial charge in [0.15, 0.2) is 0 Å². The Morgan fingerprint density at radius 3 is 1.30 bits per heavy atom. The predicted molar refractivity (Wildman–Crippen MR) is 290 cm³/mol. The number of aliphatic hydroxyl groups is 1. The van der Waals surface area contributed by atoms with E-state index in [1.807, 2.05) is 21.1 Å². The number of phosphoric acid groups is 1. The Bertz CT molecular complexity index is 1360. The van der Waals surface area contributed by atoms with Crippen molar-refractivity contribution >= 4 is 13.7 Å². The van der Waals surface area contributed by atoms with Crippen molar-refractivity contribution in [2.75, 3.05) is 40.9 Å². The van der Waals surface area contributed by atoms with Crippen molar-refractivity contribution in [3.05, 3.63) is 85.1 Å². The third-order valence-electron chi connectivity index (χ3n) is 11.9. The van der Waals surface area contributed by atoms with Crippen LogP contribution in [-0.4, -0.2) is 73.4 Å². The molecule has 0 fully saturated rings. The summed E-state index contributed by atoms with van der Waals surface area (Å²) < 4.78 is 23.4. The van der Waals surface area contributed by atoms with Crippen molar-refractivity contribution in [2.45, 2.75) is 238 Å². The number of aliphatic hydroxyl groups excluding tert-OH is 1. The molecule has 1 amide bonds. The first-order valence-corrected chi connectivity index (χ1v) is 28.9. The monoisotopic (exact) mass is 958 g/mol. The predicted octanol–water partition coefficient (Wildman–Crippen LogP) is 16.5. The van der Waals surface area contributed by atoms with E-state index in [-0.39, 0.29) is 19.1 Å². The molecule has 67 heavy (non-hydrogen) atoms. The van der Waals surface area contributed by atoms with Gasteiger partial charge in [-0.05, 0) is 70.6 Å². The van der Waals surface area contributed by atoms with E-state index in [0.717, 1.165) is 89.9 Å². The number of likely N-dealkylation sites (N-methyl/N-ethyl adjacent to an activating group) is 1. The lowest BCUT2D eigenvalue weighted by Crippen LogP contribution is -2.46. The molecule has 3 N–H and O–H groups in total. The number of hydrogen-bond acceptors (Lipinski definition) is 5. The summed E-state index contributed by atoms with van der Waals surface area (Å²) in [6.45, 7) is 4.65. The molecule has 0 aromatic heterocycles. The number of nitrogens with zero attached hydrogens (tertiary/aromatic N) is 1. The SMILES string of the molecule is CC/C=C\C/C=C\C/C=C\C/C=C\C/C=C\C/C=C\C/C=C\CCCCCCCCCCCCCCCCCCCCCC(=O)NC(COP(=O)(O)OCC[N+](C)(C)C)C(O)CCCCCC. The van der Waals surface area contributed by atoms with E-state index in [4.69, 9.17) is 9.05 Å². The zero-order valence-electron chi connectivity index (χ0n) is 44.1. The van der Waals surface area contributed by atoms with Crippen LogP contribution in [0.4, 0.5) is 0 Å². The largest absolute Gasteiger partial charge is 0.472 e. The highest BCUT2D eigenvalue weighted by Crippen LogP contribution is 2.43. The molecule has 0 radical (unpaired) electrons. The molecular weight excluding hydrogens is 852 g/mol. The molecular formula is C58H106N2O6P+. The number of amides is 1. The summed E-state index contributed by atoms with van der Waals surface area (Å²) in [6.07, 6.45) is 68.7. The third kappa shape index (κ3) is 51.4. The maximum atomic E-state index is 12.8. The van der Waals surface area contributed by atoms with E-state index in [2.05, 4.69) is 104 Å². The van der Waals surface area contributed by atoms with Gasteiger partial charge in [-0.15, -0.1) is 0 Å². The summed E-state index contributed by atoms with van der Waals surface area (Å²) in [5.41, 5.74) is 0. The highest BCUT2D eigenvalue weighted by Gasteiger charge is 2.28. The Morgan fingerprint density at radius 2 is 0.896 bits per heavy atom. The number of allylic oxidation sites excluding steroid dienone is 14. The fourth-order valence-corrected chi connectivity index (χ4v) is 8.35. The minimum Gasteiger partial charge on any atom is -0.391 e. The van der Waals surface area contributed by atoms with E-state index in [1.54, 1.807) is 0 Å². The molecule has 0 aliphatic rings. The Kier molecular flexibility index (Phi) is 47.0. The molecule has 0 aliphatic carbocycles. The van der Waals surface area contributed by atoms with Gasteiger partial charge >= 0.3 is 7.82 Å². The molecule has 9 heteroatoms. The maximum absolute atomic E-state index is 12.8. The van der Waals surface area contributed by atoms with Crippen molar-refractivity contribution < 1.29 is 32.9 Å². The van der Waals surface area contributed by atoms with Gasteiger partial charge in [-0.3, -0.25) is 13.8 Å². The number of hydrogen-bond donors (Lipinski definition) is 3. The van der Waals surface area contributed by atoms with E-state index in [0.29, 0.717) is 23.9 Å². The van der Waals surface area contributed by atoms with Crippen LogP contribution in [0.15, 0.2) is 85.1 Å². The zero-order valence-corrected chi connectivity index (χ0v) is 45.0. The number of unbranched alkanes of at least 4 members (excludes halogenated alkanes) is 22. The van der Waals surface area contributed by atoms with Crippen LogP contribution in [0.2, 0.25) is 0 Å². The van der Waals surface area contributed by atoms with Gasteiger partial charge in [0, 0.05) is 6.42 Å². The number of phosphoric ester groups is 1. The average molecular weight is 958 g/mol.